The lowest BCUT2D eigenvalue weighted by molar-refractivity contribution is 0.111. The van der Waals surface area contributed by atoms with Crippen molar-refractivity contribution in [3.8, 4) is 0 Å². The van der Waals surface area contributed by atoms with E-state index in [1.54, 1.807) is 11.3 Å². The van der Waals surface area contributed by atoms with E-state index in [1.165, 1.54) is 0 Å². The molecule has 2 atom stereocenters. The van der Waals surface area contributed by atoms with Gasteiger partial charge in [0.1, 0.15) is 11.1 Å². The topological polar surface area (TPSA) is 48.1 Å². The van der Waals surface area contributed by atoms with Gasteiger partial charge in [0.15, 0.2) is 0 Å². The lowest BCUT2D eigenvalue weighted by Gasteiger charge is -2.04. The minimum atomic E-state index is 0.189. The first-order valence-electron chi connectivity index (χ1n) is 5.07. The van der Waals surface area contributed by atoms with Crippen LogP contribution in [0.25, 0.3) is 0 Å². The molecule has 0 amide bonds. The summed E-state index contributed by atoms with van der Waals surface area (Å²) in [5.41, 5.74) is 6.83. The zero-order valence-electron chi connectivity index (χ0n) is 8.40. The number of nitrogens with zero attached hydrogens (tertiary/aromatic N) is 1. The second kappa shape index (κ2) is 4.38. The lowest BCUT2D eigenvalue weighted by atomic mass is 10.2. The normalized spacial score (nSPS) is 24.0. The highest BCUT2D eigenvalue weighted by Crippen LogP contribution is 2.30. The molecule has 14 heavy (non-hydrogen) atoms. The van der Waals surface area contributed by atoms with Crippen LogP contribution in [0.5, 0.6) is 0 Å². The molecule has 1 aliphatic heterocycles. The summed E-state index contributed by atoms with van der Waals surface area (Å²) < 4.78 is 5.57. The largest absolute Gasteiger partial charge is 0.371 e. The van der Waals surface area contributed by atoms with Crippen molar-refractivity contribution in [1.82, 2.24) is 4.98 Å². The molecule has 0 aliphatic carbocycles. The number of hydrogen-bond donors (Lipinski definition) is 1. The van der Waals surface area contributed by atoms with E-state index in [0.29, 0.717) is 0 Å². The molecule has 0 radical (unpaired) electrons. The molecule has 78 valence electrons. The Balaban J connectivity index is 2.01. The average molecular weight is 212 g/mol. The molecule has 1 saturated heterocycles. The predicted octanol–water partition coefficient (Wildman–Crippen LogP) is 1.88. The van der Waals surface area contributed by atoms with Crippen LogP contribution in [0, 0.1) is 0 Å². The monoisotopic (exact) mass is 212 g/mol. The zero-order valence-corrected chi connectivity index (χ0v) is 9.22. The van der Waals surface area contributed by atoms with Gasteiger partial charge in [-0.2, -0.15) is 0 Å². The fraction of sp³-hybridized carbons (Fsp3) is 0.700. The fourth-order valence-electron chi connectivity index (χ4n) is 1.67. The Morgan fingerprint density at radius 3 is 3.29 bits per heavy atom. The molecule has 1 aromatic rings. The molecule has 3 nitrogen and oxygen atoms in total. The Bertz CT molecular complexity index is 292. The average Bonchev–Trinajstić information content (AvgIpc) is 2.69. The van der Waals surface area contributed by atoms with Crippen LogP contribution >= 0.6 is 11.3 Å². The zero-order chi connectivity index (χ0) is 9.97. The van der Waals surface area contributed by atoms with Crippen LogP contribution < -0.4 is 5.73 Å². The van der Waals surface area contributed by atoms with Crippen LogP contribution in [0.2, 0.25) is 0 Å². The van der Waals surface area contributed by atoms with E-state index in [9.17, 15) is 0 Å². The van der Waals surface area contributed by atoms with Crippen LogP contribution in [0.4, 0.5) is 0 Å². The molecule has 4 heteroatoms. The molecule has 0 spiro atoms. The first-order chi connectivity index (χ1) is 6.75. The highest BCUT2D eigenvalue weighted by atomic mass is 32.1. The van der Waals surface area contributed by atoms with Gasteiger partial charge in [0.05, 0.1) is 5.69 Å². The molecule has 2 heterocycles. The Labute approximate surface area is 88.3 Å². The molecule has 2 rings (SSSR count). The molecule has 2 unspecified atom stereocenters. The highest BCUT2D eigenvalue weighted by molar-refractivity contribution is 7.09. The maximum absolute atomic E-state index is 5.72. The number of hydrogen-bond acceptors (Lipinski definition) is 4. The smallest absolute Gasteiger partial charge is 0.122 e. The summed E-state index contributed by atoms with van der Waals surface area (Å²) in [4.78, 5) is 4.55. The Hall–Kier alpha value is -0.450. The molecule has 1 aliphatic rings. The maximum Gasteiger partial charge on any atom is 0.122 e. The van der Waals surface area contributed by atoms with Gasteiger partial charge in [0.2, 0.25) is 0 Å². The highest BCUT2D eigenvalue weighted by Gasteiger charge is 2.20. The van der Waals surface area contributed by atoms with Crippen molar-refractivity contribution >= 4 is 11.3 Å². The number of aromatic nitrogens is 1. The Morgan fingerprint density at radius 2 is 2.64 bits per heavy atom. The first kappa shape index (κ1) is 10.1. The number of nitrogens with two attached hydrogens (primary N) is 1. The molecule has 0 aromatic carbocycles. The summed E-state index contributed by atoms with van der Waals surface area (Å²) in [6.45, 7) is 2.89. The van der Waals surface area contributed by atoms with Gasteiger partial charge in [0.25, 0.3) is 0 Å². The fourth-order valence-corrected chi connectivity index (χ4v) is 2.58. The van der Waals surface area contributed by atoms with Crippen molar-refractivity contribution in [3.05, 3.63) is 16.1 Å². The van der Waals surface area contributed by atoms with Gasteiger partial charge < -0.3 is 10.5 Å². The van der Waals surface area contributed by atoms with Gasteiger partial charge in [-0.3, -0.25) is 0 Å². The van der Waals surface area contributed by atoms with Crippen LogP contribution in [0.15, 0.2) is 5.38 Å². The number of ether oxygens (including phenoxy) is 1. The summed E-state index contributed by atoms with van der Waals surface area (Å²) in [6.07, 6.45) is 3.39. The summed E-state index contributed by atoms with van der Waals surface area (Å²) >= 11 is 1.70. The minimum Gasteiger partial charge on any atom is -0.371 e. The molecular formula is C10H16N2OS. The van der Waals surface area contributed by atoms with Crippen LogP contribution in [0.1, 0.15) is 36.6 Å². The maximum atomic E-state index is 5.72. The van der Waals surface area contributed by atoms with Crippen molar-refractivity contribution in [1.29, 1.82) is 0 Å². The van der Waals surface area contributed by atoms with Gasteiger partial charge in [-0.05, 0) is 19.8 Å². The van der Waals surface area contributed by atoms with Crippen molar-refractivity contribution < 1.29 is 4.74 Å². The quantitative estimate of drug-likeness (QED) is 0.832. The molecule has 2 N–H and O–H groups in total. The third-order valence-corrected chi connectivity index (χ3v) is 3.29. The standard InChI is InChI=1S/C10H16N2OS/c1-7(11)5-8-6-14-10(12-8)9-3-2-4-13-9/h6-7,9H,2-5,11H2,1H3. The Kier molecular flexibility index (Phi) is 3.15. The molecule has 1 fully saturated rings. The van der Waals surface area contributed by atoms with Gasteiger partial charge >= 0.3 is 0 Å². The van der Waals surface area contributed by atoms with Gasteiger partial charge in [0, 0.05) is 24.4 Å². The van der Waals surface area contributed by atoms with Crippen LogP contribution in [-0.4, -0.2) is 17.6 Å². The van der Waals surface area contributed by atoms with E-state index in [2.05, 4.69) is 10.4 Å². The van der Waals surface area contributed by atoms with E-state index >= 15 is 0 Å². The number of rotatable bonds is 3. The van der Waals surface area contributed by atoms with Crippen LogP contribution in [0.3, 0.4) is 0 Å². The van der Waals surface area contributed by atoms with Gasteiger partial charge in [-0.1, -0.05) is 0 Å². The lowest BCUT2D eigenvalue weighted by Crippen LogP contribution is -2.17. The summed E-state index contributed by atoms with van der Waals surface area (Å²) in [5, 5.41) is 3.22. The van der Waals surface area contributed by atoms with E-state index < -0.39 is 0 Å². The molecule has 0 bridgehead atoms. The van der Waals surface area contributed by atoms with Crippen LogP contribution in [-0.2, 0) is 11.2 Å². The van der Waals surface area contributed by atoms with Crippen molar-refractivity contribution in [3.63, 3.8) is 0 Å². The number of thiazole rings is 1. The second-order valence-electron chi connectivity index (χ2n) is 3.86. The molecular weight excluding hydrogens is 196 g/mol. The summed E-state index contributed by atoms with van der Waals surface area (Å²) in [5.74, 6) is 0. The van der Waals surface area contributed by atoms with Crippen molar-refractivity contribution in [2.45, 2.75) is 38.3 Å². The summed E-state index contributed by atoms with van der Waals surface area (Å²) in [7, 11) is 0. The van der Waals surface area contributed by atoms with Gasteiger partial charge in [-0.25, -0.2) is 4.98 Å². The predicted molar refractivity (Wildman–Crippen MR) is 57.4 cm³/mol. The first-order valence-corrected chi connectivity index (χ1v) is 5.95. The third-order valence-electron chi connectivity index (χ3n) is 2.31. The second-order valence-corrected chi connectivity index (χ2v) is 4.75. The Morgan fingerprint density at radius 1 is 1.79 bits per heavy atom. The molecule has 1 aromatic heterocycles. The summed E-state index contributed by atoms with van der Waals surface area (Å²) in [6, 6.07) is 0.189. The van der Waals surface area contributed by atoms with E-state index in [1.807, 2.05) is 6.92 Å². The SMILES string of the molecule is CC(N)Cc1csc(C2CCCO2)n1. The third kappa shape index (κ3) is 2.32. The van der Waals surface area contributed by atoms with Crippen molar-refractivity contribution in [2.75, 3.05) is 6.61 Å². The van der Waals surface area contributed by atoms with E-state index in [-0.39, 0.29) is 12.1 Å². The van der Waals surface area contributed by atoms with Gasteiger partial charge in [-0.15, -0.1) is 11.3 Å². The van der Waals surface area contributed by atoms with E-state index in [0.717, 1.165) is 36.6 Å². The van der Waals surface area contributed by atoms with E-state index in [4.69, 9.17) is 10.5 Å². The molecule has 0 saturated carbocycles. The minimum absolute atomic E-state index is 0.189. The van der Waals surface area contributed by atoms with Crippen molar-refractivity contribution in [2.24, 2.45) is 5.73 Å².